The zero-order valence-corrected chi connectivity index (χ0v) is 16.1. The van der Waals surface area contributed by atoms with Gasteiger partial charge < -0.3 is 15.4 Å². The average molecular weight is 381 g/mol. The summed E-state index contributed by atoms with van der Waals surface area (Å²) < 4.78 is 5.34. The summed E-state index contributed by atoms with van der Waals surface area (Å²) in [6.45, 7) is 4.74. The van der Waals surface area contributed by atoms with Gasteiger partial charge in [-0.2, -0.15) is 0 Å². The third kappa shape index (κ3) is 5.50. The maximum absolute atomic E-state index is 12.3. The molecule has 7 heteroatoms. The lowest BCUT2D eigenvalue weighted by Gasteiger charge is -2.26. The molecule has 2 aromatic rings. The second-order valence-corrected chi connectivity index (χ2v) is 7.38. The van der Waals surface area contributed by atoms with Gasteiger partial charge in [0.05, 0.1) is 13.2 Å². The molecule has 1 aliphatic heterocycles. The van der Waals surface area contributed by atoms with Crippen LogP contribution in [0.15, 0.2) is 36.5 Å². The van der Waals surface area contributed by atoms with Crippen LogP contribution in [0.25, 0.3) is 0 Å². The highest BCUT2D eigenvalue weighted by atomic mass is 16.5. The summed E-state index contributed by atoms with van der Waals surface area (Å²) in [6, 6.07) is 9.82. The minimum Gasteiger partial charge on any atom is -0.379 e. The predicted octanol–water partition coefficient (Wildman–Crippen LogP) is 2.63. The van der Waals surface area contributed by atoms with Gasteiger partial charge in [-0.25, -0.2) is 9.97 Å². The zero-order chi connectivity index (χ0) is 19.2. The van der Waals surface area contributed by atoms with E-state index in [4.69, 9.17) is 4.74 Å². The minimum atomic E-state index is 0.0430. The lowest BCUT2D eigenvalue weighted by atomic mass is 10.2. The van der Waals surface area contributed by atoms with Crippen LogP contribution < -0.4 is 10.6 Å². The van der Waals surface area contributed by atoms with Crippen LogP contribution >= 0.6 is 0 Å². The van der Waals surface area contributed by atoms with E-state index in [1.54, 1.807) is 0 Å². The van der Waals surface area contributed by atoms with Crippen molar-refractivity contribution < 1.29 is 9.53 Å². The number of nitrogens with one attached hydrogen (secondary N) is 2. The first-order valence-electron chi connectivity index (χ1n) is 10.0. The number of hydrogen-bond donors (Lipinski definition) is 2. The van der Waals surface area contributed by atoms with E-state index in [0.29, 0.717) is 18.9 Å². The first-order chi connectivity index (χ1) is 13.8. The Morgan fingerprint density at radius 3 is 2.89 bits per heavy atom. The normalized spacial score (nSPS) is 17.3. The summed E-state index contributed by atoms with van der Waals surface area (Å²) >= 11 is 0. The fraction of sp³-hybridized carbons (Fsp3) is 0.476. The number of morpholine rings is 1. The number of amides is 1. The Morgan fingerprint density at radius 2 is 2.07 bits per heavy atom. The van der Waals surface area contributed by atoms with Crippen LogP contribution in [0.1, 0.15) is 36.6 Å². The molecule has 1 saturated carbocycles. The second-order valence-electron chi connectivity index (χ2n) is 7.38. The molecule has 2 aliphatic rings. The van der Waals surface area contributed by atoms with E-state index in [1.165, 1.54) is 12.8 Å². The fourth-order valence-electron chi connectivity index (χ4n) is 3.27. The van der Waals surface area contributed by atoms with Crippen LogP contribution in [-0.4, -0.2) is 53.6 Å². The molecule has 1 aromatic heterocycles. The third-order valence-electron chi connectivity index (χ3n) is 5.06. The number of rotatable bonds is 8. The van der Waals surface area contributed by atoms with Gasteiger partial charge in [-0.3, -0.25) is 9.69 Å². The van der Waals surface area contributed by atoms with Gasteiger partial charge in [-0.1, -0.05) is 12.1 Å². The van der Waals surface area contributed by atoms with Gasteiger partial charge in [-0.05, 0) is 36.6 Å². The Hall–Kier alpha value is -2.51. The first kappa shape index (κ1) is 18.8. The van der Waals surface area contributed by atoms with Crippen molar-refractivity contribution in [3.8, 4) is 0 Å². The fourth-order valence-corrected chi connectivity index (χ4v) is 3.27. The summed E-state index contributed by atoms with van der Waals surface area (Å²) in [6.07, 6.45) is 4.69. The summed E-state index contributed by atoms with van der Waals surface area (Å²) in [5.74, 6) is 2.36. The van der Waals surface area contributed by atoms with Crippen LogP contribution in [0.3, 0.4) is 0 Å². The Bertz CT molecular complexity index is 803. The molecule has 7 nitrogen and oxygen atoms in total. The van der Waals surface area contributed by atoms with Crippen LogP contribution in [0.5, 0.6) is 0 Å². The second kappa shape index (κ2) is 9.12. The smallest absolute Gasteiger partial charge is 0.225 e. The van der Waals surface area contributed by atoms with Gasteiger partial charge in [0.25, 0.3) is 0 Å². The van der Waals surface area contributed by atoms with Gasteiger partial charge >= 0.3 is 0 Å². The van der Waals surface area contributed by atoms with Gasteiger partial charge in [0.1, 0.15) is 11.6 Å². The minimum absolute atomic E-state index is 0.0430. The highest BCUT2D eigenvalue weighted by Crippen LogP contribution is 2.38. The largest absolute Gasteiger partial charge is 0.379 e. The number of nitrogens with zero attached hydrogens (tertiary/aromatic N) is 3. The maximum atomic E-state index is 12.3. The Balaban J connectivity index is 1.26. The number of hydrogen-bond acceptors (Lipinski definition) is 6. The molecule has 0 atom stereocenters. The third-order valence-corrected chi connectivity index (χ3v) is 5.06. The van der Waals surface area contributed by atoms with Gasteiger partial charge in [0, 0.05) is 50.4 Å². The molecule has 0 bridgehead atoms. The van der Waals surface area contributed by atoms with E-state index in [9.17, 15) is 4.79 Å². The SMILES string of the molecule is O=C(CCN1CCOCC1)Nc1cccc(CNc2ccnc(C3CC3)n2)c1. The topological polar surface area (TPSA) is 79.4 Å². The molecule has 2 heterocycles. The Morgan fingerprint density at radius 1 is 1.21 bits per heavy atom. The van der Waals surface area contributed by atoms with E-state index in [0.717, 1.165) is 55.7 Å². The molecule has 28 heavy (non-hydrogen) atoms. The molecular formula is C21H27N5O2. The van der Waals surface area contributed by atoms with Crippen LogP contribution in [0.2, 0.25) is 0 Å². The van der Waals surface area contributed by atoms with Gasteiger partial charge in [0.15, 0.2) is 0 Å². The molecule has 0 radical (unpaired) electrons. The van der Waals surface area contributed by atoms with Crippen molar-refractivity contribution in [2.45, 2.75) is 31.7 Å². The molecule has 148 valence electrons. The highest BCUT2D eigenvalue weighted by molar-refractivity contribution is 5.90. The lowest BCUT2D eigenvalue weighted by molar-refractivity contribution is -0.116. The van der Waals surface area contributed by atoms with E-state index < -0.39 is 0 Å². The molecule has 2 N–H and O–H groups in total. The van der Waals surface area contributed by atoms with Crippen molar-refractivity contribution in [3.63, 3.8) is 0 Å². The maximum Gasteiger partial charge on any atom is 0.225 e. The van der Waals surface area contributed by atoms with E-state index in [1.807, 2.05) is 36.5 Å². The quantitative estimate of drug-likeness (QED) is 0.732. The molecular weight excluding hydrogens is 354 g/mol. The van der Waals surface area contributed by atoms with E-state index in [2.05, 4.69) is 25.5 Å². The van der Waals surface area contributed by atoms with Crippen LogP contribution in [-0.2, 0) is 16.1 Å². The number of anilines is 2. The van der Waals surface area contributed by atoms with Gasteiger partial charge in [0.2, 0.25) is 5.91 Å². The van der Waals surface area contributed by atoms with Crippen molar-refractivity contribution >= 4 is 17.4 Å². The average Bonchev–Trinajstić information content (AvgIpc) is 3.58. The summed E-state index contributed by atoms with van der Waals surface area (Å²) in [5, 5.41) is 6.35. The number of carbonyl (C=O) groups excluding carboxylic acids is 1. The zero-order valence-electron chi connectivity index (χ0n) is 16.1. The summed E-state index contributed by atoms with van der Waals surface area (Å²) in [7, 11) is 0. The number of aromatic nitrogens is 2. The molecule has 4 rings (SSSR count). The highest BCUT2D eigenvalue weighted by Gasteiger charge is 2.26. The molecule has 2 fully saturated rings. The number of carbonyl (C=O) groups is 1. The molecule has 0 unspecified atom stereocenters. The van der Waals surface area contributed by atoms with Crippen molar-refractivity contribution in [2.24, 2.45) is 0 Å². The number of ether oxygens (including phenoxy) is 1. The van der Waals surface area contributed by atoms with Crippen LogP contribution in [0, 0.1) is 0 Å². The molecule has 1 saturated heterocycles. The van der Waals surface area contributed by atoms with Crippen molar-refractivity contribution in [2.75, 3.05) is 43.5 Å². The Kier molecular flexibility index (Phi) is 6.14. The lowest BCUT2D eigenvalue weighted by Crippen LogP contribution is -2.38. The predicted molar refractivity (Wildman–Crippen MR) is 108 cm³/mol. The van der Waals surface area contributed by atoms with E-state index in [-0.39, 0.29) is 5.91 Å². The molecule has 1 aromatic carbocycles. The van der Waals surface area contributed by atoms with Crippen molar-refractivity contribution in [1.29, 1.82) is 0 Å². The first-order valence-corrected chi connectivity index (χ1v) is 10.0. The molecule has 0 spiro atoms. The monoisotopic (exact) mass is 381 g/mol. The van der Waals surface area contributed by atoms with Crippen molar-refractivity contribution in [3.05, 3.63) is 47.9 Å². The standard InChI is InChI=1S/C21H27N5O2/c27-20(7-9-26-10-12-28-13-11-26)24-18-3-1-2-16(14-18)15-23-19-6-8-22-21(25-19)17-4-5-17/h1-3,6,8,14,17H,4-5,7,9-13,15H2,(H,24,27)(H,22,23,25). The summed E-state index contributed by atoms with van der Waals surface area (Å²) in [4.78, 5) is 23.4. The Labute approximate surface area is 165 Å². The molecule has 1 amide bonds. The van der Waals surface area contributed by atoms with Crippen molar-refractivity contribution in [1.82, 2.24) is 14.9 Å². The molecule has 1 aliphatic carbocycles. The van der Waals surface area contributed by atoms with Crippen LogP contribution in [0.4, 0.5) is 11.5 Å². The number of benzene rings is 1. The van der Waals surface area contributed by atoms with Gasteiger partial charge in [-0.15, -0.1) is 0 Å². The summed E-state index contributed by atoms with van der Waals surface area (Å²) in [5.41, 5.74) is 1.92. The van der Waals surface area contributed by atoms with E-state index >= 15 is 0 Å².